The first-order valence-corrected chi connectivity index (χ1v) is 8.09. The molecule has 1 heterocycles. The number of carbonyl (C=O) groups excluding carboxylic acids is 1. The Balaban J connectivity index is 1.86. The van der Waals surface area contributed by atoms with Crippen molar-refractivity contribution >= 4 is 22.9 Å². The second kappa shape index (κ2) is 7.57. The largest absolute Gasteiger partial charge is 0.493 e. The van der Waals surface area contributed by atoms with Gasteiger partial charge in [0.05, 0.1) is 18.4 Å². The summed E-state index contributed by atoms with van der Waals surface area (Å²) >= 11 is 0. The highest BCUT2D eigenvalue weighted by molar-refractivity contribution is 6.03. The molecule has 2 aromatic carbocycles. The van der Waals surface area contributed by atoms with Gasteiger partial charge in [-0.15, -0.1) is 0 Å². The molecule has 3 rings (SSSR count). The number of hydrogen-bond donors (Lipinski definition) is 1. The summed E-state index contributed by atoms with van der Waals surface area (Å²) in [6, 6.07) is 15.4. The number of pyridine rings is 1. The molecule has 0 bridgehead atoms. The van der Waals surface area contributed by atoms with Crippen molar-refractivity contribution in [2.45, 2.75) is 13.8 Å². The second-order valence-corrected chi connectivity index (χ2v) is 5.52. The van der Waals surface area contributed by atoms with Crippen molar-refractivity contribution < 1.29 is 9.53 Å². The minimum absolute atomic E-state index is 0.304. The first kappa shape index (κ1) is 16.6. The van der Waals surface area contributed by atoms with Gasteiger partial charge in [0, 0.05) is 17.5 Å². The lowest BCUT2D eigenvalue weighted by molar-refractivity contribution is 0.0954. The summed E-state index contributed by atoms with van der Waals surface area (Å²) in [6.45, 7) is 4.36. The number of nitrogens with zero attached hydrogens (tertiary/aromatic N) is 2. The second-order valence-electron chi connectivity index (χ2n) is 5.52. The van der Waals surface area contributed by atoms with Crippen molar-refractivity contribution in [2.75, 3.05) is 6.61 Å². The van der Waals surface area contributed by atoms with Crippen LogP contribution in [0, 0.1) is 6.92 Å². The third kappa shape index (κ3) is 3.83. The zero-order valence-corrected chi connectivity index (χ0v) is 14.2. The van der Waals surface area contributed by atoms with Crippen molar-refractivity contribution in [3.8, 4) is 5.75 Å². The standard InChI is InChI=1S/C20H19N3O2/c1-3-25-19-11-10-15-6-4-5-7-17(15)18(19)13-22-23-20(24)16-9-8-14(2)21-12-16/h4-13H,3H2,1-2H3,(H,23,24)/b22-13-. The maximum Gasteiger partial charge on any atom is 0.272 e. The Morgan fingerprint density at radius 2 is 2.04 bits per heavy atom. The van der Waals surface area contributed by atoms with Crippen LogP contribution in [0.4, 0.5) is 0 Å². The van der Waals surface area contributed by atoms with Gasteiger partial charge in [-0.1, -0.05) is 30.3 Å². The van der Waals surface area contributed by atoms with Gasteiger partial charge in [0.2, 0.25) is 0 Å². The summed E-state index contributed by atoms with van der Waals surface area (Å²) in [5.41, 5.74) is 4.69. The predicted octanol–water partition coefficient (Wildman–Crippen LogP) is 3.71. The number of aryl methyl sites for hydroxylation is 1. The number of aromatic nitrogens is 1. The molecule has 25 heavy (non-hydrogen) atoms. The van der Waals surface area contributed by atoms with Crippen LogP contribution >= 0.6 is 0 Å². The van der Waals surface area contributed by atoms with E-state index < -0.39 is 0 Å². The zero-order chi connectivity index (χ0) is 17.6. The van der Waals surface area contributed by atoms with Gasteiger partial charge >= 0.3 is 0 Å². The Morgan fingerprint density at radius 1 is 1.20 bits per heavy atom. The molecule has 1 amide bonds. The van der Waals surface area contributed by atoms with Crippen molar-refractivity contribution in [1.29, 1.82) is 0 Å². The Kier molecular flexibility index (Phi) is 5.04. The fraction of sp³-hybridized carbons (Fsp3) is 0.150. The lowest BCUT2D eigenvalue weighted by atomic mass is 10.0. The summed E-state index contributed by atoms with van der Waals surface area (Å²) in [4.78, 5) is 16.2. The van der Waals surface area contributed by atoms with E-state index in [1.165, 1.54) is 6.20 Å². The SMILES string of the molecule is CCOc1ccc2ccccc2c1/C=N\NC(=O)c1ccc(C)nc1. The van der Waals surface area contributed by atoms with Crippen LogP contribution in [0.25, 0.3) is 10.8 Å². The van der Waals surface area contributed by atoms with Gasteiger partial charge in [0.25, 0.3) is 5.91 Å². The van der Waals surface area contributed by atoms with Crippen LogP contribution < -0.4 is 10.2 Å². The van der Waals surface area contributed by atoms with Gasteiger partial charge in [-0.05, 0) is 42.8 Å². The minimum Gasteiger partial charge on any atom is -0.493 e. The van der Waals surface area contributed by atoms with Crippen LogP contribution in [0.15, 0.2) is 59.8 Å². The fourth-order valence-corrected chi connectivity index (χ4v) is 2.51. The van der Waals surface area contributed by atoms with Crippen LogP contribution in [0.2, 0.25) is 0 Å². The molecule has 0 fully saturated rings. The van der Waals surface area contributed by atoms with Crippen molar-refractivity contribution in [1.82, 2.24) is 10.4 Å². The van der Waals surface area contributed by atoms with E-state index in [2.05, 4.69) is 15.5 Å². The van der Waals surface area contributed by atoms with E-state index >= 15 is 0 Å². The first-order chi connectivity index (χ1) is 12.2. The maximum absolute atomic E-state index is 12.1. The third-order valence-electron chi connectivity index (χ3n) is 3.76. The highest BCUT2D eigenvalue weighted by Crippen LogP contribution is 2.26. The van der Waals surface area contributed by atoms with Crippen molar-refractivity contribution in [3.63, 3.8) is 0 Å². The predicted molar refractivity (Wildman–Crippen MR) is 99.2 cm³/mol. The normalized spacial score (nSPS) is 11.0. The Bertz CT molecular complexity index is 918. The first-order valence-electron chi connectivity index (χ1n) is 8.09. The lowest BCUT2D eigenvalue weighted by Crippen LogP contribution is -2.18. The highest BCUT2D eigenvalue weighted by atomic mass is 16.5. The molecule has 3 aromatic rings. The summed E-state index contributed by atoms with van der Waals surface area (Å²) < 4.78 is 5.69. The minimum atomic E-state index is -0.304. The van der Waals surface area contributed by atoms with Gasteiger partial charge < -0.3 is 4.74 Å². The Hall–Kier alpha value is -3.21. The fourth-order valence-electron chi connectivity index (χ4n) is 2.51. The number of benzene rings is 2. The molecular weight excluding hydrogens is 314 g/mol. The van der Waals surface area contributed by atoms with Gasteiger partial charge in [-0.25, -0.2) is 5.43 Å². The topological polar surface area (TPSA) is 63.6 Å². The number of nitrogens with one attached hydrogen (secondary N) is 1. The van der Waals surface area contributed by atoms with E-state index in [-0.39, 0.29) is 5.91 Å². The molecule has 1 aromatic heterocycles. The molecular formula is C20H19N3O2. The third-order valence-corrected chi connectivity index (χ3v) is 3.76. The van der Waals surface area contributed by atoms with Crippen LogP contribution in [0.1, 0.15) is 28.5 Å². The summed E-state index contributed by atoms with van der Waals surface area (Å²) in [6.07, 6.45) is 3.15. The van der Waals surface area contributed by atoms with E-state index in [9.17, 15) is 4.79 Å². The number of carbonyl (C=O) groups is 1. The number of hydrogen-bond acceptors (Lipinski definition) is 4. The molecule has 0 saturated carbocycles. The van der Waals surface area contributed by atoms with E-state index in [0.717, 1.165) is 27.8 Å². The van der Waals surface area contributed by atoms with Crippen LogP contribution in [0.3, 0.4) is 0 Å². The molecule has 0 radical (unpaired) electrons. The van der Waals surface area contributed by atoms with Gasteiger partial charge in [0.1, 0.15) is 5.75 Å². The average molecular weight is 333 g/mol. The van der Waals surface area contributed by atoms with Crippen LogP contribution in [-0.4, -0.2) is 23.7 Å². The summed E-state index contributed by atoms with van der Waals surface area (Å²) in [5, 5.41) is 6.20. The molecule has 0 unspecified atom stereocenters. The maximum atomic E-state index is 12.1. The molecule has 0 spiro atoms. The molecule has 0 aliphatic heterocycles. The molecule has 1 N–H and O–H groups in total. The quantitative estimate of drug-likeness (QED) is 0.572. The smallest absolute Gasteiger partial charge is 0.272 e. The molecule has 5 nitrogen and oxygen atoms in total. The van der Waals surface area contributed by atoms with Crippen LogP contribution in [0.5, 0.6) is 5.75 Å². The van der Waals surface area contributed by atoms with Gasteiger partial charge in [-0.3, -0.25) is 9.78 Å². The number of amides is 1. The number of hydrazone groups is 1. The van der Waals surface area contributed by atoms with E-state index in [1.807, 2.05) is 50.2 Å². The highest BCUT2D eigenvalue weighted by Gasteiger charge is 2.08. The monoisotopic (exact) mass is 333 g/mol. The number of rotatable bonds is 5. The number of fused-ring (bicyclic) bond motifs is 1. The molecule has 5 heteroatoms. The van der Waals surface area contributed by atoms with Crippen molar-refractivity contribution in [3.05, 3.63) is 71.5 Å². The van der Waals surface area contributed by atoms with E-state index in [4.69, 9.17) is 4.74 Å². The summed E-state index contributed by atoms with van der Waals surface area (Å²) in [5.74, 6) is 0.429. The average Bonchev–Trinajstić information content (AvgIpc) is 2.64. The van der Waals surface area contributed by atoms with Crippen LogP contribution in [-0.2, 0) is 0 Å². The van der Waals surface area contributed by atoms with Gasteiger partial charge in [0.15, 0.2) is 0 Å². The molecule has 0 saturated heterocycles. The summed E-state index contributed by atoms with van der Waals surface area (Å²) in [7, 11) is 0. The molecule has 0 aliphatic rings. The molecule has 126 valence electrons. The molecule has 0 atom stereocenters. The Labute approximate surface area is 146 Å². The molecule has 0 aliphatic carbocycles. The van der Waals surface area contributed by atoms with Gasteiger partial charge in [-0.2, -0.15) is 5.10 Å². The van der Waals surface area contributed by atoms with Crippen molar-refractivity contribution in [2.24, 2.45) is 5.10 Å². The number of ether oxygens (including phenoxy) is 1. The zero-order valence-electron chi connectivity index (χ0n) is 14.2. The lowest BCUT2D eigenvalue weighted by Gasteiger charge is -2.10. The van der Waals surface area contributed by atoms with E-state index in [1.54, 1.807) is 18.3 Å². The Morgan fingerprint density at radius 3 is 2.80 bits per heavy atom. The van der Waals surface area contributed by atoms with E-state index in [0.29, 0.717) is 12.2 Å².